The maximum atomic E-state index is 5.10. The van der Waals surface area contributed by atoms with Crippen LogP contribution in [0.4, 0.5) is 5.95 Å². The Morgan fingerprint density at radius 2 is 2.36 bits per heavy atom. The predicted octanol–water partition coefficient (Wildman–Crippen LogP) is 1.87. The topological polar surface area (TPSA) is 38.2 Å². The van der Waals surface area contributed by atoms with E-state index in [0.29, 0.717) is 9.80 Å². The molecule has 0 radical (unpaired) electrons. The van der Waals surface area contributed by atoms with E-state index in [0.717, 1.165) is 23.5 Å². The van der Waals surface area contributed by atoms with Crippen LogP contribution in [0.2, 0.25) is 0 Å². The molecule has 1 aliphatic rings. The molecule has 0 bridgehead atoms. The molecule has 14 heavy (non-hydrogen) atoms. The number of aromatic nitrogens is 2. The van der Waals surface area contributed by atoms with Crippen molar-refractivity contribution in [3.05, 3.63) is 10.7 Å². The van der Waals surface area contributed by atoms with Gasteiger partial charge in [-0.3, -0.25) is 0 Å². The van der Waals surface area contributed by atoms with Crippen LogP contribution in [0.1, 0.15) is 0 Å². The van der Waals surface area contributed by atoms with Gasteiger partial charge in [0.25, 0.3) is 0 Å². The quantitative estimate of drug-likeness (QED) is 0.589. The standard InChI is InChI=1S/C8H9BrIN3O/c1-14-7-6(9)2-11-8(12-7)13-3-5(10)4-13/h2,5H,3-4H2,1H3. The van der Waals surface area contributed by atoms with E-state index in [2.05, 4.69) is 53.4 Å². The van der Waals surface area contributed by atoms with Gasteiger partial charge in [0.2, 0.25) is 11.8 Å². The van der Waals surface area contributed by atoms with Gasteiger partial charge in [0, 0.05) is 17.0 Å². The van der Waals surface area contributed by atoms with E-state index in [1.165, 1.54) is 0 Å². The first-order chi connectivity index (χ1) is 6.70. The summed E-state index contributed by atoms with van der Waals surface area (Å²) in [6.07, 6.45) is 1.72. The van der Waals surface area contributed by atoms with Crippen LogP contribution >= 0.6 is 38.5 Å². The Bertz CT molecular complexity index is 343. The molecule has 1 aliphatic heterocycles. The molecule has 0 saturated carbocycles. The summed E-state index contributed by atoms with van der Waals surface area (Å²) in [6, 6.07) is 0. The third-order valence-corrected chi connectivity index (χ3v) is 3.34. The Morgan fingerprint density at radius 3 is 2.93 bits per heavy atom. The number of alkyl halides is 1. The zero-order valence-electron chi connectivity index (χ0n) is 7.57. The first-order valence-corrected chi connectivity index (χ1v) is 6.20. The van der Waals surface area contributed by atoms with Gasteiger partial charge in [-0.1, -0.05) is 22.6 Å². The Labute approximate surface area is 104 Å². The van der Waals surface area contributed by atoms with E-state index < -0.39 is 0 Å². The summed E-state index contributed by atoms with van der Waals surface area (Å²) in [5.41, 5.74) is 0. The fourth-order valence-electron chi connectivity index (χ4n) is 1.23. The fourth-order valence-corrected chi connectivity index (χ4v) is 2.53. The molecule has 6 heteroatoms. The van der Waals surface area contributed by atoms with Crippen molar-refractivity contribution in [3.8, 4) is 5.88 Å². The summed E-state index contributed by atoms with van der Waals surface area (Å²) in [4.78, 5) is 10.6. The third kappa shape index (κ3) is 1.95. The molecule has 0 amide bonds. The van der Waals surface area contributed by atoms with Gasteiger partial charge < -0.3 is 9.64 Å². The highest BCUT2D eigenvalue weighted by Gasteiger charge is 2.26. The molecule has 1 aromatic rings. The SMILES string of the molecule is COc1nc(N2CC(I)C2)ncc1Br. The summed E-state index contributed by atoms with van der Waals surface area (Å²) in [7, 11) is 1.61. The maximum absolute atomic E-state index is 5.10. The number of nitrogens with zero attached hydrogens (tertiary/aromatic N) is 3. The molecule has 0 aromatic carbocycles. The van der Waals surface area contributed by atoms with Crippen molar-refractivity contribution >= 4 is 44.5 Å². The van der Waals surface area contributed by atoms with E-state index in [9.17, 15) is 0 Å². The van der Waals surface area contributed by atoms with Crippen LogP contribution in [0.5, 0.6) is 5.88 Å². The van der Waals surface area contributed by atoms with E-state index in [-0.39, 0.29) is 0 Å². The lowest BCUT2D eigenvalue weighted by Gasteiger charge is -2.35. The lowest BCUT2D eigenvalue weighted by atomic mass is 10.2. The van der Waals surface area contributed by atoms with Gasteiger partial charge in [0.1, 0.15) is 0 Å². The molecule has 1 saturated heterocycles. The van der Waals surface area contributed by atoms with Crippen LogP contribution in [0.25, 0.3) is 0 Å². The van der Waals surface area contributed by atoms with Crippen LogP contribution in [0, 0.1) is 0 Å². The monoisotopic (exact) mass is 369 g/mol. The van der Waals surface area contributed by atoms with E-state index >= 15 is 0 Å². The lowest BCUT2D eigenvalue weighted by molar-refractivity contribution is 0.393. The summed E-state index contributed by atoms with van der Waals surface area (Å²) in [6.45, 7) is 2.04. The normalized spacial score (nSPS) is 16.6. The largest absolute Gasteiger partial charge is 0.480 e. The highest BCUT2D eigenvalue weighted by Crippen LogP contribution is 2.27. The minimum atomic E-state index is 0.590. The average molecular weight is 370 g/mol. The smallest absolute Gasteiger partial charge is 0.232 e. The highest BCUT2D eigenvalue weighted by molar-refractivity contribution is 14.1. The molecule has 0 unspecified atom stereocenters. The fraction of sp³-hybridized carbons (Fsp3) is 0.500. The lowest BCUT2D eigenvalue weighted by Crippen LogP contribution is -2.48. The van der Waals surface area contributed by atoms with Crippen molar-refractivity contribution in [1.82, 2.24) is 9.97 Å². The van der Waals surface area contributed by atoms with Crippen LogP contribution in [-0.4, -0.2) is 34.1 Å². The van der Waals surface area contributed by atoms with Gasteiger partial charge in [0.05, 0.1) is 17.8 Å². The minimum Gasteiger partial charge on any atom is -0.480 e. The molecule has 1 aromatic heterocycles. The number of halogens is 2. The molecular weight excluding hydrogens is 361 g/mol. The van der Waals surface area contributed by atoms with Gasteiger partial charge in [-0.05, 0) is 15.9 Å². The second-order valence-corrected chi connectivity index (χ2v) is 5.65. The molecule has 0 spiro atoms. The summed E-state index contributed by atoms with van der Waals surface area (Å²) < 4.78 is 6.61. The molecule has 76 valence electrons. The van der Waals surface area contributed by atoms with Gasteiger partial charge in [-0.25, -0.2) is 4.98 Å². The van der Waals surface area contributed by atoms with Crippen molar-refractivity contribution < 1.29 is 4.74 Å². The van der Waals surface area contributed by atoms with Crippen molar-refractivity contribution in [1.29, 1.82) is 0 Å². The number of anilines is 1. The summed E-state index contributed by atoms with van der Waals surface area (Å²) in [5.74, 6) is 1.34. The van der Waals surface area contributed by atoms with Crippen molar-refractivity contribution in [3.63, 3.8) is 0 Å². The first kappa shape index (κ1) is 10.4. The highest BCUT2D eigenvalue weighted by atomic mass is 127. The van der Waals surface area contributed by atoms with Crippen LogP contribution in [0.15, 0.2) is 10.7 Å². The number of hydrogen-bond acceptors (Lipinski definition) is 4. The van der Waals surface area contributed by atoms with Crippen molar-refractivity contribution in [2.45, 2.75) is 3.92 Å². The van der Waals surface area contributed by atoms with Gasteiger partial charge in [-0.15, -0.1) is 0 Å². The summed E-state index contributed by atoms with van der Waals surface area (Å²) in [5, 5.41) is 0. The van der Waals surface area contributed by atoms with Gasteiger partial charge in [-0.2, -0.15) is 4.98 Å². The Morgan fingerprint density at radius 1 is 1.64 bits per heavy atom. The second kappa shape index (κ2) is 4.18. The average Bonchev–Trinajstić information content (AvgIpc) is 2.14. The van der Waals surface area contributed by atoms with Gasteiger partial charge >= 0.3 is 0 Å². The Kier molecular flexibility index (Phi) is 3.10. The predicted molar refractivity (Wildman–Crippen MR) is 66.3 cm³/mol. The molecule has 4 nitrogen and oxygen atoms in total. The van der Waals surface area contributed by atoms with Crippen LogP contribution in [-0.2, 0) is 0 Å². The van der Waals surface area contributed by atoms with Crippen molar-refractivity contribution in [2.75, 3.05) is 25.1 Å². The number of hydrogen-bond donors (Lipinski definition) is 0. The number of rotatable bonds is 2. The van der Waals surface area contributed by atoms with Crippen LogP contribution in [0.3, 0.4) is 0 Å². The van der Waals surface area contributed by atoms with Crippen LogP contribution < -0.4 is 9.64 Å². The minimum absolute atomic E-state index is 0.590. The molecule has 0 atom stereocenters. The number of methoxy groups -OCH3 is 1. The Hall–Kier alpha value is -0.110. The molecule has 2 heterocycles. The third-order valence-electron chi connectivity index (χ3n) is 2.01. The van der Waals surface area contributed by atoms with E-state index in [1.807, 2.05) is 0 Å². The summed E-state index contributed by atoms with van der Waals surface area (Å²) >= 11 is 5.74. The zero-order valence-corrected chi connectivity index (χ0v) is 11.3. The molecule has 2 rings (SSSR count). The maximum Gasteiger partial charge on any atom is 0.232 e. The zero-order chi connectivity index (χ0) is 10.1. The molecular formula is C8H9BrIN3O. The van der Waals surface area contributed by atoms with Crippen molar-refractivity contribution in [2.24, 2.45) is 0 Å². The first-order valence-electron chi connectivity index (χ1n) is 4.16. The molecule has 1 fully saturated rings. The Balaban J connectivity index is 2.19. The molecule has 0 aliphatic carbocycles. The van der Waals surface area contributed by atoms with Gasteiger partial charge in [0.15, 0.2) is 0 Å². The van der Waals surface area contributed by atoms with E-state index in [1.54, 1.807) is 13.3 Å². The molecule has 0 N–H and O–H groups in total. The second-order valence-electron chi connectivity index (χ2n) is 3.03. The van der Waals surface area contributed by atoms with E-state index in [4.69, 9.17) is 4.74 Å². The number of ether oxygens (including phenoxy) is 1.